The van der Waals surface area contributed by atoms with Crippen LogP contribution in [0, 0.1) is 13.8 Å². The molecule has 0 atom stereocenters. The number of aryl methyl sites for hydroxylation is 2. The lowest BCUT2D eigenvalue weighted by atomic mass is 10.1. The summed E-state index contributed by atoms with van der Waals surface area (Å²) >= 11 is 1.46. The van der Waals surface area contributed by atoms with Crippen LogP contribution < -0.4 is 10.1 Å². The molecule has 0 unspecified atom stereocenters. The van der Waals surface area contributed by atoms with Gasteiger partial charge in [-0.1, -0.05) is 30.9 Å². The van der Waals surface area contributed by atoms with Gasteiger partial charge in [0, 0.05) is 29.1 Å². The summed E-state index contributed by atoms with van der Waals surface area (Å²) in [4.78, 5) is 13.3. The highest BCUT2D eigenvalue weighted by Crippen LogP contribution is 2.33. The van der Waals surface area contributed by atoms with Crippen molar-refractivity contribution in [1.29, 1.82) is 0 Å². The number of nitrogens with one attached hydrogen (secondary N) is 1. The Morgan fingerprint density at radius 1 is 1.26 bits per heavy atom. The number of ether oxygens (including phenoxy) is 1. The van der Waals surface area contributed by atoms with Crippen LogP contribution in [-0.2, 0) is 17.9 Å². The summed E-state index contributed by atoms with van der Waals surface area (Å²) in [7, 11) is 0. The molecular formula is C25H30N4O4S. The van der Waals surface area contributed by atoms with Gasteiger partial charge in [-0.25, -0.2) is 0 Å². The van der Waals surface area contributed by atoms with E-state index in [-0.39, 0.29) is 25.7 Å². The van der Waals surface area contributed by atoms with Crippen molar-refractivity contribution in [2.45, 2.75) is 33.9 Å². The van der Waals surface area contributed by atoms with Gasteiger partial charge in [0.25, 0.3) is 5.91 Å². The van der Waals surface area contributed by atoms with Gasteiger partial charge in [-0.15, -0.1) is 21.5 Å². The number of benzene rings is 1. The van der Waals surface area contributed by atoms with E-state index in [2.05, 4.69) is 22.1 Å². The largest absolute Gasteiger partial charge is 0.489 e. The van der Waals surface area contributed by atoms with Crippen LogP contribution >= 0.6 is 11.3 Å². The SMILES string of the molecule is C=Cc1c(COc2cc(-c3nnc(C)n3CCO)ccc2C)csc1/C(=C\C)C(=O)NCCO. The molecule has 9 heteroatoms. The second kappa shape index (κ2) is 11.7. The molecule has 0 aliphatic heterocycles. The van der Waals surface area contributed by atoms with E-state index in [1.165, 1.54) is 11.3 Å². The Kier molecular flexibility index (Phi) is 8.75. The van der Waals surface area contributed by atoms with Crippen LogP contribution in [0.15, 0.2) is 36.2 Å². The predicted molar refractivity (Wildman–Crippen MR) is 135 cm³/mol. The number of aliphatic hydroxyl groups excluding tert-OH is 2. The van der Waals surface area contributed by atoms with E-state index in [4.69, 9.17) is 9.84 Å². The third-order valence-corrected chi connectivity index (χ3v) is 6.46. The highest BCUT2D eigenvalue weighted by molar-refractivity contribution is 7.12. The Hall–Kier alpha value is -3.27. The number of aromatic nitrogens is 3. The quantitative estimate of drug-likeness (QED) is 0.362. The summed E-state index contributed by atoms with van der Waals surface area (Å²) < 4.78 is 8.06. The molecule has 0 saturated heterocycles. The Morgan fingerprint density at radius 2 is 2.06 bits per heavy atom. The Bertz CT molecular complexity index is 1200. The summed E-state index contributed by atoms with van der Waals surface area (Å²) in [5, 5.41) is 31.4. The number of allylic oxidation sites excluding steroid dienone is 1. The molecule has 0 radical (unpaired) electrons. The zero-order valence-electron chi connectivity index (χ0n) is 19.7. The summed E-state index contributed by atoms with van der Waals surface area (Å²) in [6.07, 6.45) is 3.49. The maximum Gasteiger partial charge on any atom is 0.252 e. The molecule has 2 heterocycles. The van der Waals surface area contributed by atoms with E-state index in [9.17, 15) is 9.90 Å². The molecule has 0 spiro atoms. The molecule has 2 aromatic heterocycles. The molecule has 0 saturated carbocycles. The number of amides is 1. The van der Waals surface area contributed by atoms with Gasteiger partial charge in [0.05, 0.1) is 18.8 Å². The van der Waals surface area contributed by atoms with E-state index >= 15 is 0 Å². The number of carbonyl (C=O) groups excluding carboxylic acids is 1. The first-order chi connectivity index (χ1) is 16.4. The summed E-state index contributed by atoms with van der Waals surface area (Å²) in [5.41, 5.74) is 4.14. The molecule has 3 rings (SSSR count). The van der Waals surface area contributed by atoms with Crippen LogP contribution in [-0.4, -0.2) is 50.6 Å². The van der Waals surface area contributed by atoms with Crippen molar-refractivity contribution in [1.82, 2.24) is 20.1 Å². The monoisotopic (exact) mass is 482 g/mol. The smallest absolute Gasteiger partial charge is 0.252 e. The lowest BCUT2D eigenvalue weighted by molar-refractivity contribution is -0.115. The van der Waals surface area contributed by atoms with Crippen LogP contribution in [0.5, 0.6) is 5.75 Å². The number of hydrogen-bond acceptors (Lipinski definition) is 7. The fourth-order valence-corrected chi connectivity index (χ4v) is 4.72. The third-order valence-electron chi connectivity index (χ3n) is 5.38. The Balaban J connectivity index is 1.84. The van der Waals surface area contributed by atoms with Crippen molar-refractivity contribution in [3.8, 4) is 17.1 Å². The van der Waals surface area contributed by atoms with Crippen LogP contribution in [0.1, 0.15) is 34.3 Å². The molecule has 3 N–H and O–H groups in total. The van der Waals surface area contributed by atoms with Crippen LogP contribution in [0.2, 0.25) is 0 Å². The maximum atomic E-state index is 12.5. The van der Waals surface area contributed by atoms with Crippen molar-refractivity contribution in [2.24, 2.45) is 0 Å². The number of nitrogens with zero attached hydrogens (tertiary/aromatic N) is 3. The van der Waals surface area contributed by atoms with Crippen LogP contribution in [0.3, 0.4) is 0 Å². The van der Waals surface area contributed by atoms with Crippen LogP contribution in [0.25, 0.3) is 23.0 Å². The normalized spacial score (nSPS) is 11.5. The minimum Gasteiger partial charge on any atom is -0.489 e. The van der Waals surface area contributed by atoms with Crippen molar-refractivity contribution in [2.75, 3.05) is 19.8 Å². The molecule has 0 fully saturated rings. The van der Waals surface area contributed by atoms with Gasteiger partial charge in [-0.2, -0.15) is 0 Å². The van der Waals surface area contributed by atoms with E-state index in [1.807, 2.05) is 48.9 Å². The predicted octanol–water partition coefficient (Wildman–Crippen LogP) is 3.35. The number of thiophene rings is 1. The summed E-state index contributed by atoms with van der Waals surface area (Å²) in [6.45, 7) is 10.4. The zero-order valence-corrected chi connectivity index (χ0v) is 20.5. The van der Waals surface area contributed by atoms with Gasteiger partial charge in [-0.3, -0.25) is 4.79 Å². The average molecular weight is 483 g/mol. The number of aliphatic hydroxyl groups is 2. The minimum atomic E-state index is -0.236. The van der Waals surface area contributed by atoms with Gasteiger partial charge in [0.15, 0.2) is 5.82 Å². The van der Waals surface area contributed by atoms with Gasteiger partial charge < -0.3 is 24.8 Å². The van der Waals surface area contributed by atoms with E-state index in [0.29, 0.717) is 30.3 Å². The second-order valence-corrected chi connectivity index (χ2v) is 8.48. The van der Waals surface area contributed by atoms with Crippen molar-refractivity contribution in [3.05, 3.63) is 63.6 Å². The molecule has 34 heavy (non-hydrogen) atoms. The summed E-state index contributed by atoms with van der Waals surface area (Å²) in [6, 6.07) is 5.85. The minimum absolute atomic E-state index is 0.00185. The van der Waals surface area contributed by atoms with Gasteiger partial charge in [0.1, 0.15) is 18.2 Å². The van der Waals surface area contributed by atoms with E-state index < -0.39 is 0 Å². The van der Waals surface area contributed by atoms with Crippen molar-refractivity contribution >= 4 is 28.9 Å². The molecule has 0 bridgehead atoms. The highest BCUT2D eigenvalue weighted by Gasteiger charge is 2.19. The van der Waals surface area contributed by atoms with Crippen molar-refractivity contribution < 1.29 is 19.7 Å². The topological polar surface area (TPSA) is 110 Å². The van der Waals surface area contributed by atoms with Gasteiger partial charge in [0.2, 0.25) is 0 Å². The van der Waals surface area contributed by atoms with E-state index in [1.54, 1.807) is 12.2 Å². The third kappa shape index (κ3) is 5.44. The first kappa shape index (κ1) is 25.4. The van der Waals surface area contributed by atoms with E-state index in [0.717, 1.165) is 33.0 Å². The molecule has 8 nitrogen and oxygen atoms in total. The first-order valence-electron chi connectivity index (χ1n) is 11.0. The molecule has 1 aromatic carbocycles. The standard InChI is InChI=1S/C25H30N4O4S/c1-5-20-19(15-34-23(20)21(6-2)25(32)26-9-11-30)14-33-22-13-18(8-7-16(22)3)24-28-27-17(4)29(24)10-12-31/h5-8,13,15,30-31H,1,9-12,14H2,2-4H3,(H,26,32)/b21-6+. The lowest BCUT2D eigenvalue weighted by Crippen LogP contribution is -2.27. The Labute approximate surface area is 203 Å². The highest BCUT2D eigenvalue weighted by atomic mass is 32.1. The van der Waals surface area contributed by atoms with Gasteiger partial charge in [-0.05, 0) is 43.3 Å². The second-order valence-electron chi connectivity index (χ2n) is 7.60. The molecule has 180 valence electrons. The fraction of sp³-hybridized carbons (Fsp3) is 0.320. The molecular weight excluding hydrogens is 452 g/mol. The molecule has 0 aliphatic rings. The fourth-order valence-electron chi connectivity index (χ4n) is 3.59. The lowest BCUT2D eigenvalue weighted by Gasteiger charge is -2.13. The van der Waals surface area contributed by atoms with Crippen molar-refractivity contribution in [3.63, 3.8) is 0 Å². The number of rotatable bonds is 11. The molecule has 3 aromatic rings. The Morgan fingerprint density at radius 3 is 2.74 bits per heavy atom. The average Bonchev–Trinajstić information content (AvgIpc) is 3.41. The maximum absolute atomic E-state index is 12.5. The molecule has 0 aliphatic carbocycles. The number of hydrogen-bond donors (Lipinski definition) is 3. The zero-order chi connectivity index (χ0) is 24.7. The number of carbonyl (C=O) groups is 1. The first-order valence-corrected chi connectivity index (χ1v) is 11.9. The molecule has 1 amide bonds. The van der Waals surface area contributed by atoms with Crippen LogP contribution in [0.4, 0.5) is 0 Å². The van der Waals surface area contributed by atoms with Gasteiger partial charge >= 0.3 is 0 Å². The summed E-state index contributed by atoms with van der Waals surface area (Å²) in [5.74, 6) is 1.88.